The zero-order valence-corrected chi connectivity index (χ0v) is 12.8. The van der Waals surface area contributed by atoms with E-state index >= 15 is 0 Å². The summed E-state index contributed by atoms with van der Waals surface area (Å²) in [4.78, 5) is 9.74. The first kappa shape index (κ1) is 18.0. The summed E-state index contributed by atoms with van der Waals surface area (Å²) >= 11 is 5.72. The number of aliphatic hydroxyl groups is 1. The van der Waals surface area contributed by atoms with Gasteiger partial charge in [-0.2, -0.15) is 13.2 Å². The maximum atomic E-state index is 13.0. The summed E-state index contributed by atoms with van der Waals surface area (Å²) in [6.45, 7) is -0.206. The van der Waals surface area contributed by atoms with Crippen molar-refractivity contribution in [3.8, 4) is 0 Å². The fourth-order valence-corrected chi connectivity index (χ4v) is 2.17. The van der Waals surface area contributed by atoms with E-state index in [9.17, 15) is 28.4 Å². The van der Waals surface area contributed by atoms with E-state index in [1.165, 1.54) is 0 Å². The average Bonchev–Trinajstić information content (AvgIpc) is 2.52. The highest BCUT2D eigenvalue weighted by Crippen LogP contribution is 2.37. The van der Waals surface area contributed by atoms with E-state index in [4.69, 9.17) is 11.6 Å². The van der Waals surface area contributed by atoms with Gasteiger partial charge >= 0.3 is 6.18 Å². The zero-order chi connectivity index (χ0) is 17.9. The Labute approximate surface area is 139 Å². The minimum absolute atomic E-state index is 0.206. The van der Waals surface area contributed by atoms with Crippen LogP contribution in [0.3, 0.4) is 0 Å². The molecule has 0 spiro atoms. The van der Waals surface area contributed by atoms with Crippen molar-refractivity contribution in [1.29, 1.82) is 0 Å². The lowest BCUT2D eigenvalue weighted by Gasteiger charge is -2.17. The number of nitrogens with zero attached hydrogens (tertiary/aromatic N) is 1. The molecule has 0 heterocycles. The van der Waals surface area contributed by atoms with Crippen molar-refractivity contribution in [2.24, 2.45) is 0 Å². The van der Waals surface area contributed by atoms with Gasteiger partial charge in [0.2, 0.25) is 0 Å². The number of nitro groups is 1. The van der Waals surface area contributed by atoms with Gasteiger partial charge in [0.1, 0.15) is 0 Å². The van der Waals surface area contributed by atoms with Gasteiger partial charge in [-0.05, 0) is 23.8 Å². The van der Waals surface area contributed by atoms with Crippen LogP contribution in [0.1, 0.15) is 17.2 Å². The SMILES string of the molecule is O=[N+]([O-])c1ccc(NCC(O)c2ccc(Cl)cc2)c(C(F)(F)F)c1. The lowest BCUT2D eigenvalue weighted by Crippen LogP contribution is -2.16. The molecule has 0 aliphatic heterocycles. The van der Waals surface area contributed by atoms with Gasteiger partial charge in [-0.3, -0.25) is 10.1 Å². The van der Waals surface area contributed by atoms with Crippen LogP contribution in [0.4, 0.5) is 24.5 Å². The van der Waals surface area contributed by atoms with E-state index in [2.05, 4.69) is 5.32 Å². The maximum Gasteiger partial charge on any atom is 0.418 e. The molecule has 2 N–H and O–H groups in total. The van der Waals surface area contributed by atoms with Crippen LogP contribution in [0.25, 0.3) is 0 Å². The summed E-state index contributed by atoms with van der Waals surface area (Å²) in [7, 11) is 0. The van der Waals surface area contributed by atoms with Gasteiger partial charge < -0.3 is 10.4 Å². The largest absolute Gasteiger partial charge is 0.418 e. The number of aliphatic hydroxyl groups excluding tert-OH is 1. The first-order valence-corrected chi connectivity index (χ1v) is 7.09. The monoisotopic (exact) mass is 360 g/mol. The predicted molar refractivity (Wildman–Crippen MR) is 83.0 cm³/mol. The first-order valence-electron chi connectivity index (χ1n) is 6.71. The number of benzene rings is 2. The molecule has 0 saturated carbocycles. The van der Waals surface area contributed by atoms with Crippen molar-refractivity contribution in [2.45, 2.75) is 12.3 Å². The normalized spacial score (nSPS) is 12.7. The van der Waals surface area contributed by atoms with Crippen LogP contribution in [0.2, 0.25) is 5.02 Å². The Bertz CT molecular complexity index is 736. The minimum Gasteiger partial charge on any atom is -0.387 e. The fraction of sp³-hybridized carbons (Fsp3) is 0.200. The van der Waals surface area contributed by atoms with Gasteiger partial charge in [-0.1, -0.05) is 23.7 Å². The van der Waals surface area contributed by atoms with E-state index in [-0.39, 0.29) is 12.2 Å². The highest BCUT2D eigenvalue weighted by Gasteiger charge is 2.35. The summed E-state index contributed by atoms with van der Waals surface area (Å²) in [6.07, 6.45) is -5.84. The van der Waals surface area contributed by atoms with Crippen molar-refractivity contribution < 1.29 is 23.2 Å². The van der Waals surface area contributed by atoms with Crippen molar-refractivity contribution in [2.75, 3.05) is 11.9 Å². The molecule has 0 aromatic heterocycles. The van der Waals surface area contributed by atoms with E-state index in [1.54, 1.807) is 24.3 Å². The van der Waals surface area contributed by atoms with Crippen molar-refractivity contribution >= 4 is 23.0 Å². The van der Waals surface area contributed by atoms with Crippen LogP contribution in [0.15, 0.2) is 42.5 Å². The molecular formula is C15H12ClF3N2O3. The summed E-state index contributed by atoms with van der Waals surface area (Å²) in [5.41, 5.74) is -1.70. The molecule has 0 radical (unpaired) electrons. The van der Waals surface area contributed by atoms with Gasteiger partial charge in [-0.15, -0.1) is 0 Å². The summed E-state index contributed by atoms with van der Waals surface area (Å²) in [5.74, 6) is 0. The molecule has 2 aromatic carbocycles. The quantitative estimate of drug-likeness (QED) is 0.611. The summed E-state index contributed by atoms with van der Waals surface area (Å²) in [6, 6.07) is 8.59. The molecule has 0 amide bonds. The number of rotatable bonds is 5. The van der Waals surface area contributed by atoms with E-state index < -0.39 is 28.5 Å². The first-order chi connectivity index (χ1) is 11.2. The molecular weight excluding hydrogens is 349 g/mol. The van der Waals surface area contributed by atoms with Crippen molar-refractivity contribution in [3.05, 3.63) is 68.7 Å². The Morgan fingerprint density at radius 3 is 2.38 bits per heavy atom. The van der Waals surface area contributed by atoms with Gasteiger partial charge in [0.05, 0.1) is 16.6 Å². The Kier molecular flexibility index (Phi) is 5.30. The highest BCUT2D eigenvalue weighted by atomic mass is 35.5. The third-order valence-corrected chi connectivity index (χ3v) is 3.51. The molecule has 0 bridgehead atoms. The number of anilines is 1. The number of halogens is 4. The van der Waals surface area contributed by atoms with Crippen molar-refractivity contribution in [1.82, 2.24) is 0 Å². The molecule has 0 fully saturated rings. The van der Waals surface area contributed by atoms with Crippen molar-refractivity contribution in [3.63, 3.8) is 0 Å². The van der Waals surface area contributed by atoms with Gasteiger partial charge in [0.25, 0.3) is 5.69 Å². The molecule has 128 valence electrons. The summed E-state index contributed by atoms with van der Waals surface area (Å²) in [5, 5.41) is 23.6. The molecule has 1 atom stereocenters. The molecule has 0 saturated heterocycles. The molecule has 0 aliphatic rings. The molecule has 2 rings (SSSR count). The van der Waals surface area contributed by atoms with E-state index in [0.717, 1.165) is 12.1 Å². The van der Waals surface area contributed by atoms with Gasteiger partial charge in [0, 0.05) is 29.4 Å². The molecule has 1 unspecified atom stereocenters. The zero-order valence-electron chi connectivity index (χ0n) is 12.0. The second-order valence-electron chi connectivity index (χ2n) is 4.93. The standard InChI is InChI=1S/C15H12ClF3N2O3/c16-10-3-1-9(2-4-10)14(22)8-20-13-6-5-11(21(23)24)7-12(13)15(17,18)19/h1-7,14,20,22H,8H2. The number of nitrogens with one attached hydrogen (secondary N) is 1. The second kappa shape index (κ2) is 7.06. The van der Waals surface area contributed by atoms with Crippen LogP contribution in [0, 0.1) is 10.1 Å². The third-order valence-electron chi connectivity index (χ3n) is 3.26. The van der Waals surface area contributed by atoms with E-state index in [1.807, 2.05) is 0 Å². The van der Waals surface area contributed by atoms with Crippen LogP contribution in [-0.2, 0) is 6.18 Å². The number of alkyl halides is 3. The Hall–Kier alpha value is -2.32. The van der Waals surface area contributed by atoms with Crippen LogP contribution < -0.4 is 5.32 Å². The number of non-ortho nitro benzene ring substituents is 1. The number of hydrogen-bond acceptors (Lipinski definition) is 4. The number of hydrogen-bond donors (Lipinski definition) is 2. The average molecular weight is 361 g/mol. The third kappa shape index (κ3) is 4.36. The van der Waals surface area contributed by atoms with Gasteiger partial charge in [0.15, 0.2) is 0 Å². The Morgan fingerprint density at radius 1 is 1.21 bits per heavy atom. The molecule has 5 nitrogen and oxygen atoms in total. The Morgan fingerprint density at radius 2 is 1.83 bits per heavy atom. The maximum absolute atomic E-state index is 13.0. The van der Waals surface area contributed by atoms with Gasteiger partial charge in [-0.25, -0.2) is 0 Å². The lowest BCUT2D eigenvalue weighted by atomic mass is 10.1. The lowest BCUT2D eigenvalue weighted by molar-refractivity contribution is -0.385. The Balaban J connectivity index is 2.19. The molecule has 2 aromatic rings. The molecule has 9 heteroatoms. The molecule has 24 heavy (non-hydrogen) atoms. The second-order valence-corrected chi connectivity index (χ2v) is 5.37. The van der Waals surface area contributed by atoms with Crippen LogP contribution in [0.5, 0.6) is 0 Å². The minimum atomic E-state index is -4.76. The van der Waals surface area contributed by atoms with Crippen LogP contribution in [-0.4, -0.2) is 16.6 Å². The fourth-order valence-electron chi connectivity index (χ4n) is 2.04. The topological polar surface area (TPSA) is 75.4 Å². The van der Waals surface area contributed by atoms with Crippen LogP contribution >= 0.6 is 11.6 Å². The van der Waals surface area contributed by atoms with E-state index in [0.29, 0.717) is 16.7 Å². The number of nitro benzene ring substituents is 1. The summed E-state index contributed by atoms with van der Waals surface area (Å²) < 4.78 is 39.1. The molecule has 0 aliphatic carbocycles. The predicted octanol–water partition coefficient (Wildman–Crippen LogP) is 4.41. The highest BCUT2D eigenvalue weighted by molar-refractivity contribution is 6.30. The smallest absolute Gasteiger partial charge is 0.387 e.